The second-order valence-electron chi connectivity index (χ2n) is 6.40. The lowest BCUT2D eigenvalue weighted by atomic mass is 9.63. The monoisotopic (exact) mass is 298 g/mol. The lowest BCUT2D eigenvalue weighted by Crippen LogP contribution is -2.38. The summed E-state index contributed by atoms with van der Waals surface area (Å²) in [7, 11) is 1.67. The van der Waals surface area contributed by atoms with Crippen molar-refractivity contribution in [2.45, 2.75) is 39.0 Å². The number of aliphatic carboxylic acids is 1. The summed E-state index contributed by atoms with van der Waals surface area (Å²) in [5, 5.41) is 12.1. The first-order valence-electron chi connectivity index (χ1n) is 7.84. The van der Waals surface area contributed by atoms with E-state index in [2.05, 4.69) is 25.1 Å². The Hall–Kier alpha value is -2.03. The molecule has 1 aliphatic carbocycles. The smallest absolute Gasteiger partial charge is 0.309 e. The van der Waals surface area contributed by atoms with Crippen molar-refractivity contribution in [3.63, 3.8) is 0 Å². The van der Waals surface area contributed by atoms with Gasteiger partial charge in [0.05, 0.1) is 12.5 Å². The Bertz CT molecular complexity index is 735. The van der Waals surface area contributed by atoms with E-state index in [1.165, 1.54) is 16.5 Å². The molecule has 0 heterocycles. The number of aryl methyl sites for hydroxylation is 1. The molecule has 2 atom stereocenters. The number of carboxylic acid groups (broad SMARTS) is 1. The van der Waals surface area contributed by atoms with Gasteiger partial charge < -0.3 is 9.84 Å². The molecular weight excluding hydrogens is 276 g/mol. The molecule has 3 heteroatoms. The Labute approximate surface area is 130 Å². The topological polar surface area (TPSA) is 46.5 Å². The van der Waals surface area contributed by atoms with Crippen LogP contribution in [0.3, 0.4) is 0 Å². The predicted molar refractivity (Wildman–Crippen MR) is 87.6 cm³/mol. The van der Waals surface area contributed by atoms with Gasteiger partial charge in [-0.05, 0) is 66.1 Å². The molecule has 2 aromatic carbocycles. The Morgan fingerprint density at radius 2 is 2.14 bits per heavy atom. The van der Waals surface area contributed by atoms with Crippen LogP contribution in [0.25, 0.3) is 10.8 Å². The van der Waals surface area contributed by atoms with Crippen LogP contribution in [-0.2, 0) is 11.2 Å². The molecule has 0 bridgehead atoms. The van der Waals surface area contributed by atoms with Crippen molar-refractivity contribution in [2.24, 2.45) is 5.41 Å². The van der Waals surface area contributed by atoms with E-state index in [0.29, 0.717) is 6.42 Å². The fourth-order valence-electron chi connectivity index (χ4n) is 3.95. The van der Waals surface area contributed by atoms with Crippen LogP contribution in [0.2, 0.25) is 0 Å². The van der Waals surface area contributed by atoms with Gasteiger partial charge in [-0.25, -0.2) is 0 Å². The second-order valence-corrected chi connectivity index (χ2v) is 6.40. The Morgan fingerprint density at radius 3 is 2.77 bits per heavy atom. The van der Waals surface area contributed by atoms with Crippen molar-refractivity contribution in [1.29, 1.82) is 0 Å². The van der Waals surface area contributed by atoms with Gasteiger partial charge in [0.1, 0.15) is 5.75 Å². The molecule has 22 heavy (non-hydrogen) atoms. The highest BCUT2D eigenvalue weighted by Crippen LogP contribution is 2.49. The maximum Gasteiger partial charge on any atom is 0.309 e. The number of fused-ring (bicyclic) bond motifs is 3. The molecule has 0 saturated carbocycles. The van der Waals surface area contributed by atoms with E-state index in [1.807, 2.05) is 19.1 Å². The fraction of sp³-hybridized carbons (Fsp3) is 0.421. The van der Waals surface area contributed by atoms with Crippen LogP contribution in [0, 0.1) is 5.41 Å². The van der Waals surface area contributed by atoms with Gasteiger partial charge in [0.15, 0.2) is 0 Å². The van der Waals surface area contributed by atoms with Crippen LogP contribution >= 0.6 is 0 Å². The zero-order chi connectivity index (χ0) is 15.9. The minimum Gasteiger partial charge on any atom is -0.497 e. The van der Waals surface area contributed by atoms with Crippen LogP contribution in [0.15, 0.2) is 30.3 Å². The van der Waals surface area contributed by atoms with Gasteiger partial charge in [-0.15, -0.1) is 0 Å². The lowest BCUT2D eigenvalue weighted by Gasteiger charge is -2.39. The number of methoxy groups -OCH3 is 1. The third-order valence-electron chi connectivity index (χ3n) is 5.31. The third kappa shape index (κ3) is 2.07. The summed E-state index contributed by atoms with van der Waals surface area (Å²) in [4.78, 5) is 11.8. The summed E-state index contributed by atoms with van der Waals surface area (Å²) in [6.45, 7) is 3.98. The number of carboxylic acids is 1. The highest BCUT2D eigenvalue weighted by atomic mass is 16.5. The van der Waals surface area contributed by atoms with E-state index >= 15 is 0 Å². The van der Waals surface area contributed by atoms with Crippen LogP contribution in [0.4, 0.5) is 0 Å². The summed E-state index contributed by atoms with van der Waals surface area (Å²) >= 11 is 0. The van der Waals surface area contributed by atoms with Gasteiger partial charge in [0.2, 0.25) is 0 Å². The first kappa shape index (κ1) is 14.9. The highest BCUT2D eigenvalue weighted by Gasteiger charge is 2.44. The lowest BCUT2D eigenvalue weighted by molar-refractivity contribution is -0.150. The molecule has 1 aliphatic rings. The van der Waals surface area contributed by atoms with Crippen LogP contribution in [0.1, 0.15) is 43.7 Å². The van der Waals surface area contributed by atoms with Crippen molar-refractivity contribution in [3.05, 3.63) is 41.5 Å². The standard InChI is InChI=1S/C19H22O3/c1-4-17-16-7-5-12-11-13(22-3)6-8-14(12)15(16)9-10-19(17,2)18(20)21/h5-8,11,17H,4,9-10H2,1-3H3,(H,20,21)/t17-,19-/m1/s1. The molecule has 0 aliphatic heterocycles. The van der Waals surface area contributed by atoms with E-state index in [0.717, 1.165) is 24.0 Å². The summed E-state index contributed by atoms with van der Waals surface area (Å²) in [5.41, 5.74) is 1.85. The average Bonchev–Trinajstić information content (AvgIpc) is 2.53. The minimum atomic E-state index is -0.681. The van der Waals surface area contributed by atoms with E-state index in [9.17, 15) is 9.90 Å². The Balaban J connectivity index is 2.19. The van der Waals surface area contributed by atoms with Crippen molar-refractivity contribution in [1.82, 2.24) is 0 Å². The SMILES string of the molecule is CC[C@@H]1c2ccc3cc(OC)ccc3c2CC[C@@]1(C)C(=O)O. The molecule has 2 aromatic rings. The number of rotatable bonds is 3. The third-order valence-corrected chi connectivity index (χ3v) is 5.31. The second kappa shape index (κ2) is 5.31. The van der Waals surface area contributed by atoms with E-state index in [1.54, 1.807) is 7.11 Å². The minimum absolute atomic E-state index is 0.0697. The van der Waals surface area contributed by atoms with Gasteiger partial charge in [-0.3, -0.25) is 4.79 Å². The molecule has 116 valence electrons. The molecule has 0 saturated heterocycles. The summed E-state index contributed by atoms with van der Waals surface area (Å²) < 4.78 is 5.30. The first-order chi connectivity index (χ1) is 10.5. The van der Waals surface area contributed by atoms with Gasteiger partial charge in [0.25, 0.3) is 0 Å². The number of hydrogen-bond donors (Lipinski definition) is 1. The largest absolute Gasteiger partial charge is 0.497 e. The molecular formula is C19H22O3. The molecule has 0 spiro atoms. The molecule has 0 unspecified atom stereocenters. The maximum absolute atomic E-state index is 11.8. The summed E-state index contributed by atoms with van der Waals surface area (Å²) in [6, 6.07) is 10.3. The van der Waals surface area contributed by atoms with E-state index in [4.69, 9.17) is 4.74 Å². The van der Waals surface area contributed by atoms with Crippen molar-refractivity contribution >= 4 is 16.7 Å². The Morgan fingerprint density at radius 1 is 1.36 bits per heavy atom. The van der Waals surface area contributed by atoms with Crippen LogP contribution in [0.5, 0.6) is 5.75 Å². The predicted octanol–water partition coefficient (Wildman–Crippen LogP) is 4.38. The Kier molecular flexibility index (Phi) is 3.59. The van der Waals surface area contributed by atoms with Crippen LogP contribution in [-0.4, -0.2) is 18.2 Å². The van der Waals surface area contributed by atoms with Crippen molar-refractivity contribution in [3.8, 4) is 5.75 Å². The van der Waals surface area contributed by atoms with E-state index < -0.39 is 11.4 Å². The zero-order valence-electron chi connectivity index (χ0n) is 13.3. The maximum atomic E-state index is 11.8. The summed E-state index contributed by atoms with van der Waals surface area (Å²) in [5.74, 6) is 0.241. The van der Waals surface area contributed by atoms with Crippen molar-refractivity contribution < 1.29 is 14.6 Å². The van der Waals surface area contributed by atoms with Gasteiger partial charge in [0, 0.05) is 0 Å². The zero-order valence-corrected chi connectivity index (χ0v) is 13.3. The fourth-order valence-corrected chi connectivity index (χ4v) is 3.95. The number of carbonyl (C=O) groups is 1. The van der Waals surface area contributed by atoms with Gasteiger partial charge >= 0.3 is 5.97 Å². The normalized spacial score (nSPS) is 24.0. The molecule has 3 rings (SSSR count). The van der Waals surface area contributed by atoms with Gasteiger partial charge in [-0.2, -0.15) is 0 Å². The highest BCUT2D eigenvalue weighted by molar-refractivity contribution is 5.89. The number of ether oxygens (including phenoxy) is 1. The molecule has 3 nitrogen and oxygen atoms in total. The number of benzene rings is 2. The molecule has 1 N–H and O–H groups in total. The quantitative estimate of drug-likeness (QED) is 0.914. The van der Waals surface area contributed by atoms with Crippen molar-refractivity contribution in [2.75, 3.05) is 7.11 Å². The average molecular weight is 298 g/mol. The van der Waals surface area contributed by atoms with E-state index in [-0.39, 0.29) is 5.92 Å². The molecule has 0 amide bonds. The van der Waals surface area contributed by atoms with Crippen LogP contribution < -0.4 is 4.74 Å². The summed E-state index contributed by atoms with van der Waals surface area (Å²) in [6.07, 6.45) is 2.36. The molecule has 0 radical (unpaired) electrons. The molecule has 0 fully saturated rings. The molecule has 0 aromatic heterocycles. The number of hydrogen-bond acceptors (Lipinski definition) is 2. The first-order valence-corrected chi connectivity index (χ1v) is 7.84. The van der Waals surface area contributed by atoms with Gasteiger partial charge in [-0.1, -0.05) is 25.1 Å².